The molecule has 6 heteroatoms. The molecule has 0 aromatic carbocycles. The zero-order valence-corrected chi connectivity index (χ0v) is 14.3. The Kier molecular flexibility index (Phi) is 5.42. The number of rotatable bonds is 5. The van der Waals surface area contributed by atoms with E-state index in [1.807, 2.05) is 25.6 Å². The highest BCUT2D eigenvalue weighted by atomic mass is 32.2. The van der Waals surface area contributed by atoms with Crippen molar-refractivity contribution < 1.29 is 8.91 Å². The van der Waals surface area contributed by atoms with E-state index < -0.39 is 6.17 Å². The van der Waals surface area contributed by atoms with E-state index in [-0.39, 0.29) is 6.04 Å². The smallest absolute Gasteiger partial charge is 0.138 e. The number of likely N-dealkylation sites (tertiary alicyclic amines) is 1. The molecule has 0 unspecified atom stereocenters. The van der Waals surface area contributed by atoms with Gasteiger partial charge in [0.15, 0.2) is 0 Å². The lowest BCUT2D eigenvalue weighted by Crippen LogP contribution is -2.43. The van der Waals surface area contributed by atoms with Crippen LogP contribution in [0.1, 0.15) is 36.3 Å². The molecular weight excluding hydrogens is 301 g/mol. The van der Waals surface area contributed by atoms with Gasteiger partial charge in [-0.25, -0.2) is 4.39 Å². The summed E-state index contributed by atoms with van der Waals surface area (Å²) >= 11 is 2.02. The van der Waals surface area contributed by atoms with Gasteiger partial charge in [0.1, 0.15) is 11.9 Å². The first-order valence-electron chi connectivity index (χ1n) is 8.24. The third kappa shape index (κ3) is 3.84. The maximum atomic E-state index is 13.9. The monoisotopic (exact) mass is 327 g/mol. The van der Waals surface area contributed by atoms with Crippen LogP contribution in [-0.4, -0.2) is 52.9 Å². The average Bonchev–Trinajstić information content (AvgIpc) is 3.03. The molecule has 1 aromatic heterocycles. The van der Waals surface area contributed by atoms with Crippen LogP contribution in [-0.2, 0) is 6.54 Å². The Bertz CT molecular complexity index is 470. The highest BCUT2D eigenvalue weighted by Gasteiger charge is 2.33. The molecule has 0 bridgehead atoms. The first kappa shape index (κ1) is 16.3. The average molecular weight is 327 g/mol. The van der Waals surface area contributed by atoms with Gasteiger partial charge in [-0.1, -0.05) is 5.16 Å². The Morgan fingerprint density at radius 2 is 2.32 bits per heavy atom. The Morgan fingerprint density at radius 3 is 3.00 bits per heavy atom. The Morgan fingerprint density at radius 1 is 1.45 bits per heavy atom. The van der Waals surface area contributed by atoms with Crippen molar-refractivity contribution in [2.75, 3.05) is 24.6 Å². The van der Waals surface area contributed by atoms with Crippen molar-refractivity contribution in [3.8, 4) is 0 Å². The summed E-state index contributed by atoms with van der Waals surface area (Å²) in [5, 5.41) is 7.66. The van der Waals surface area contributed by atoms with Crippen LogP contribution in [0.4, 0.5) is 4.39 Å². The zero-order chi connectivity index (χ0) is 15.5. The van der Waals surface area contributed by atoms with Crippen LogP contribution in [0.15, 0.2) is 4.52 Å². The summed E-state index contributed by atoms with van der Waals surface area (Å²) in [6.45, 7) is 6.05. The summed E-state index contributed by atoms with van der Waals surface area (Å²) < 4.78 is 19.1. The molecule has 0 aliphatic carbocycles. The van der Waals surface area contributed by atoms with Crippen molar-refractivity contribution in [2.24, 2.45) is 0 Å². The topological polar surface area (TPSA) is 41.3 Å². The molecule has 2 aliphatic heterocycles. The van der Waals surface area contributed by atoms with Gasteiger partial charge in [0.2, 0.25) is 0 Å². The van der Waals surface area contributed by atoms with Crippen molar-refractivity contribution >= 4 is 11.8 Å². The largest absolute Gasteiger partial charge is 0.361 e. The Labute approximate surface area is 136 Å². The van der Waals surface area contributed by atoms with Crippen molar-refractivity contribution in [1.29, 1.82) is 0 Å². The number of thioether (sulfide) groups is 1. The second-order valence-corrected chi connectivity index (χ2v) is 7.69. The lowest BCUT2D eigenvalue weighted by molar-refractivity contribution is 0.224. The van der Waals surface area contributed by atoms with Crippen LogP contribution in [0.5, 0.6) is 0 Å². The Balaban J connectivity index is 1.57. The SMILES string of the molecule is Cc1noc(C)c1CN1C[C@@H](F)C[C@H]1CN[C@@H]1CCCSC1. The summed E-state index contributed by atoms with van der Waals surface area (Å²) in [4.78, 5) is 2.25. The van der Waals surface area contributed by atoms with Crippen LogP contribution >= 0.6 is 11.8 Å². The van der Waals surface area contributed by atoms with Gasteiger partial charge < -0.3 is 9.84 Å². The van der Waals surface area contributed by atoms with E-state index >= 15 is 0 Å². The minimum atomic E-state index is -0.715. The minimum Gasteiger partial charge on any atom is -0.361 e. The van der Waals surface area contributed by atoms with Gasteiger partial charge >= 0.3 is 0 Å². The number of nitrogens with one attached hydrogen (secondary N) is 1. The molecule has 3 heterocycles. The molecule has 2 fully saturated rings. The van der Waals surface area contributed by atoms with Gasteiger partial charge in [-0.15, -0.1) is 0 Å². The maximum absolute atomic E-state index is 13.9. The molecule has 124 valence electrons. The predicted octanol–water partition coefficient (Wildman–Crippen LogP) is 2.69. The summed E-state index contributed by atoms with van der Waals surface area (Å²) in [6.07, 6.45) is 2.47. The van der Waals surface area contributed by atoms with Gasteiger partial charge in [0.05, 0.1) is 5.69 Å². The number of halogens is 1. The van der Waals surface area contributed by atoms with Gasteiger partial charge in [-0.05, 0) is 38.9 Å². The van der Waals surface area contributed by atoms with Gasteiger partial charge in [-0.2, -0.15) is 11.8 Å². The Hall–Kier alpha value is -0.590. The van der Waals surface area contributed by atoms with E-state index in [9.17, 15) is 4.39 Å². The molecule has 4 nitrogen and oxygen atoms in total. The van der Waals surface area contributed by atoms with Gasteiger partial charge in [-0.3, -0.25) is 4.90 Å². The van der Waals surface area contributed by atoms with Crippen molar-refractivity contribution in [3.63, 3.8) is 0 Å². The lowest BCUT2D eigenvalue weighted by Gasteiger charge is -2.28. The van der Waals surface area contributed by atoms with E-state index in [0.717, 1.165) is 30.1 Å². The molecule has 0 radical (unpaired) electrons. The quantitative estimate of drug-likeness (QED) is 0.900. The van der Waals surface area contributed by atoms with Crippen molar-refractivity contribution in [2.45, 2.75) is 57.9 Å². The third-order valence-corrected chi connectivity index (χ3v) is 6.04. The fourth-order valence-electron chi connectivity index (χ4n) is 3.46. The number of aromatic nitrogens is 1. The van der Waals surface area contributed by atoms with Crippen LogP contribution < -0.4 is 5.32 Å². The molecule has 0 amide bonds. The minimum absolute atomic E-state index is 0.274. The molecular formula is C16H26FN3OS. The summed E-state index contributed by atoms with van der Waals surface area (Å²) in [5.74, 6) is 3.33. The number of aryl methyl sites for hydroxylation is 2. The molecule has 2 aliphatic rings. The van der Waals surface area contributed by atoms with E-state index in [0.29, 0.717) is 19.0 Å². The molecule has 22 heavy (non-hydrogen) atoms. The molecule has 1 aromatic rings. The van der Waals surface area contributed by atoms with E-state index in [2.05, 4.69) is 15.4 Å². The van der Waals surface area contributed by atoms with Crippen LogP contribution in [0.2, 0.25) is 0 Å². The molecule has 2 saturated heterocycles. The van der Waals surface area contributed by atoms with Crippen LogP contribution in [0, 0.1) is 13.8 Å². The number of alkyl halides is 1. The standard InChI is InChI=1S/C16H26FN3OS/c1-11-16(12(2)21-19-11)9-20-8-13(17)6-15(20)7-18-14-4-3-5-22-10-14/h13-15,18H,3-10H2,1-2H3/t13-,14+,15-/m0/s1. The second-order valence-electron chi connectivity index (χ2n) is 6.54. The number of hydrogen-bond acceptors (Lipinski definition) is 5. The summed E-state index contributed by atoms with van der Waals surface area (Å²) in [6, 6.07) is 0.869. The highest BCUT2D eigenvalue weighted by molar-refractivity contribution is 7.99. The van der Waals surface area contributed by atoms with Gasteiger partial charge in [0, 0.05) is 43.0 Å². The first-order chi connectivity index (χ1) is 10.6. The second kappa shape index (κ2) is 7.32. The number of hydrogen-bond donors (Lipinski definition) is 1. The van der Waals surface area contributed by atoms with Gasteiger partial charge in [0.25, 0.3) is 0 Å². The molecule has 3 atom stereocenters. The first-order valence-corrected chi connectivity index (χ1v) is 9.40. The van der Waals surface area contributed by atoms with E-state index in [4.69, 9.17) is 4.52 Å². The third-order valence-electron chi connectivity index (χ3n) is 4.82. The van der Waals surface area contributed by atoms with Crippen LogP contribution in [0.3, 0.4) is 0 Å². The lowest BCUT2D eigenvalue weighted by atomic mass is 10.1. The number of nitrogens with zero attached hydrogens (tertiary/aromatic N) is 2. The van der Waals surface area contributed by atoms with Crippen molar-refractivity contribution in [3.05, 3.63) is 17.0 Å². The molecule has 0 saturated carbocycles. The fraction of sp³-hybridized carbons (Fsp3) is 0.812. The summed E-state index contributed by atoms with van der Waals surface area (Å²) in [5.41, 5.74) is 2.04. The normalized spacial score (nSPS) is 30.0. The van der Waals surface area contributed by atoms with E-state index in [1.54, 1.807) is 0 Å². The van der Waals surface area contributed by atoms with Crippen molar-refractivity contribution in [1.82, 2.24) is 15.4 Å². The van der Waals surface area contributed by atoms with Crippen LogP contribution in [0.25, 0.3) is 0 Å². The molecule has 3 rings (SSSR count). The molecule has 1 N–H and O–H groups in total. The maximum Gasteiger partial charge on any atom is 0.138 e. The zero-order valence-electron chi connectivity index (χ0n) is 13.5. The highest BCUT2D eigenvalue weighted by Crippen LogP contribution is 2.25. The fourth-order valence-corrected chi connectivity index (χ4v) is 4.57. The molecule has 0 spiro atoms. The predicted molar refractivity (Wildman–Crippen MR) is 88.0 cm³/mol. The van der Waals surface area contributed by atoms with E-state index in [1.165, 1.54) is 24.3 Å². The summed E-state index contributed by atoms with van der Waals surface area (Å²) in [7, 11) is 0.